The molecule has 14 heavy (non-hydrogen) atoms. The molecular formula is C9H10ClFN2O. The molecule has 1 saturated carbocycles. The first-order valence-corrected chi connectivity index (χ1v) is 4.73. The molecule has 0 aliphatic heterocycles. The molecule has 0 radical (unpaired) electrons. The van der Waals surface area contributed by atoms with Crippen LogP contribution in [0.2, 0.25) is 5.02 Å². The number of rotatable bonds is 3. The lowest BCUT2D eigenvalue weighted by Crippen LogP contribution is -2.26. The van der Waals surface area contributed by atoms with Crippen LogP contribution in [0.15, 0.2) is 12.3 Å². The predicted octanol–water partition coefficient (Wildman–Crippen LogP) is 1.81. The smallest absolute Gasteiger partial charge is 0.166 e. The number of nitrogens with one attached hydrogen (secondary N) is 1. The minimum Gasteiger partial charge on any atom is -0.394 e. The first kappa shape index (κ1) is 9.68. The SMILES string of the molecule is OCC1(Nc2ncc(Cl)cc2F)CC1. The van der Waals surface area contributed by atoms with E-state index in [1.807, 2.05) is 0 Å². The van der Waals surface area contributed by atoms with Crippen LogP contribution in [0, 0.1) is 5.82 Å². The number of hydrogen-bond donors (Lipinski definition) is 2. The number of pyridine rings is 1. The summed E-state index contributed by atoms with van der Waals surface area (Å²) in [7, 11) is 0. The molecule has 0 bridgehead atoms. The summed E-state index contributed by atoms with van der Waals surface area (Å²) in [6.45, 7) is -0.00323. The average Bonchev–Trinajstić information content (AvgIpc) is 2.91. The van der Waals surface area contributed by atoms with Crippen molar-refractivity contribution in [1.29, 1.82) is 0 Å². The summed E-state index contributed by atoms with van der Waals surface area (Å²) >= 11 is 5.56. The number of nitrogens with zero attached hydrogens (tertiary/aromatic N) is 1. The maximum absolute atomic E-state index is 13.3. The molecule has 1 fully saturated rings. The number of anilines is 1. The van der Waals surface area contributed by atoms with Gasteiger partial charge in [-0.05, 0) is 18.9 Å². The molecule has 0 amide bonds. The third kappa shape index (κ3) is 1.81. The fourth-order valence-corrected chi connectivity index (χ4v) is 1.38. The van der Waals surface area contributed by atoms with Crippen molar-refractivity contribution in [2.75, 3.05) is 11.9 Å². The summed E-state index contributed by atoms with van der Waals surface area (Å²) < 4.78 is 13.3. The van der Waals surface area contributed by atoms with E-state index in [1.165, 1.54) is 12.3 Å². The monoisotopic (exact) mass is 216 g/mol. The van der Waals surface area contributed by atoms with E-state index in [1.54, 1.807) is 0 Å². The molecule has 1 heterocycles. The van der Waals surface area contributed by atoms with E-state index in [0.29, 0.717) is 0 Å². The van der Waals surface area contributed by atoms with Gasteiger partial charge in [0.1, 0.15) is 0 Å². The summed E-state index contributed by atoms with van der Waals surface area (Å²) in [6, 6.07) is 1.20. The molecule has 0 atom stereocenters. The van der Waals surface area contributed by atoms with Gasteiger partial charge >= 0.3 is 0 Å². The van der Waals surface area contributed by atoms with Gasteiger partial charge in [0.25, 0.3) is 0 Å². The van der Waals surface area contributed by atoms with Crippen molar-refractivity contribution in [2.24, 2.45) is 0 Å². The van der Waals surface area contributed by atoms with Gasteiger partial charge in [0, 0.05) is 6.20 Å². The van der Waals surface area contributed by atoms with Crippen molar-refractivity contribution in [3.8, 4) is 0 Å². The van der Waals surface area contributed by atoms with Gasteiger partial charge in [-0.3, -0.25) is 0 Å². The maximum Gasteiger partial charge on any atom is 0.166 e. The second-order valence-corrected chi connectivity index (χ2v) is 3.98. The van der Waals surface area contributed by atoms with Crippen molar-refractivity contribution in [1.82, 2.24) is 4.98 Å². The zero-order valence-electron chi connectivity index (χ0n) is 7.43. The lowest BCUT2D eigenvalue weighted by atomic mass is 10.3. The van der Waals surface area contributed by atoms with E-state index in [0.717, 1.165) is 12.8 Å². The Hall–Kier alpha value is -0.870. The van der Waals surface area contributed by atoms with Crippen LogP contribution in [0.25, 0.3) is 0 Å². The predicted molar refractivity (Wildman–Crippen MR) is 51.9 cm³/mol. The highest BCUT2D eigenvalue weighted by Gasteiger charge is 2.42. The lowest BCUT2D eigenvalue weighted by molar-refractivity contribution is 0.265. The third-order valence-electron chi connectivity index (χ3n) is 2.35. The second kappa shape index (κ2) is 3.37. The number of hydrogen-bond acceptors (Lipinski definition) is 3. The molecule has 0 unspecified atom stereocenters. The van der Waals surface area contributed by atoms with E-state index in [2.05, 4.69) is 10.3 Å². The number of aliphatic hydroxyl groups excluding tert-OH is 1. The maximum atomic E-state index is 13.3. The molecule has 2 N–H and O–H groups in total. The molecule has 1 aliphatic rings. The van der Waals surface area contributed by atoms with Crippen molar-refractivity contribution in [3.05, 3.63) is 23.1 Å². The van der Waals surface area contributed by atoms with E-state index >= 15 is 0 Å². The second-order valence-electron chi connectivity index (χ2n) is 3.55. The van der Waals surface area contributed by atoms with Crippen molar-refractivity contribution in [2.45, 2.75) is 18.4 Å². The van der Waals surface area contributed by atoms with Crippen molar-refractivity contribution < 1.29 is 9.50 Å². The van der Waals surface area contributed by atoms with Gasteiger partial charge in [0.15, 0.2) is 11.6 Å². The topological polar surface area (TPSA) is 45.1 Å². The first-order valence-electron chi connectivity index (χ1n) is 4.35. The van der Waals surface area contributed by atoms with Crippen LogP contribution < -0.4 is 5.32 Å². The van der Waals surface area contributed by atoms with E-state index < -0.39 is 5.82 Å². The van der Waals surface area contributed by atoms with Crippen molar-refractivity contribution >= 4 is 17.4 Å². The summed E-state index contributed by atoms with van der Waals surface area (Å²) in [6.07, 6.45) is 3.06. The Labute approximate surface area is 85.9 Å². The molecule has 1 aliphatic carbocycles. The summed E-state index contributed by atoms with van der Waals surface area (Å²) in [5, 5.41) is 12.2. The highest BCUT2D eigenvalue weighted by molar-refractivity contribution is 6.30. The fourth-order valence-electron chi connectivity index (χ4n) is 1.23. The van der Waals surface area contributed by atoms with Crippen LogP contribution in [0.4, 0.5) is 10.2 Å². The van der Waals surface area contributed by atoms with E-state index in [-0.39, 0.29) is 23.0 Å². The van der Waals surface area contributed by atoms with Gasteiger partial charge in [0.2, 0.25) is 0 Å². The molecular weight excluding hydrogens is 207 g/mol. The van der Waals surface area contributed by atoms with Crippen LogP contribution in [-0.4, -0.2) is 22.2 Å². The molecule has 2 rings (SSSR count). The largest absolute Gasteiger partial charge is 0.394 e. The minimum atomic E-state index is -0.489. The van der Waals surface area contributed by atoms with Gasteiger partial charge in [-0.15, -0.1) is 0 Å². The van der Waals surface area contributed by atoms with Crippen molar-refractivity contribution in [3.63, 3.8) is 0 Å². The normalized spacial score (nSPS) is 17.9. The Bertz CT molecular complexity index is 355. The van der Waals surface area contributed by atoms with E-state index in [9.17, 15) is 4.39 Å². The molecule has 0 aromatic carbocycles. The highest BCUT2D eigenvalue weighted by Crippen LogP contribution is 2.38. The Morgan fingerprint density at radius 1 is 1.64 bits per heavy atom. The Balaban J connectivity index is 2.17. The van der Waals surface area contributed by atoms with E-state index in [4.69, 9.17) is 16.7 Å². The zero-order valence-corrected chi connectivity index (χ0v) is 8.18. The molecule has 1 aromatic heterocycles. The number of aromatic nitrogens is 1. The van der Waals surface area contributed by atoms with Gasteiger partial charge in [-0.2, -0.15) is 0 Å². The van der Waals surface area contributed by atoms with Gasteiger partial charge in [-0.1, -0.05) is 11.6 Å². The molecule has 3 nitrogen and oxygen atoms in total. The van der Waals surface area contributed by atoms with Gasteiger partial charge < -0.3 is 10.4 Å². The molecule has 0 spiro atoms. The van der Waals surface area contributed by atoms with Crippen LogP contribution in [0.1, 0.15) is 12.8 Å². The Morgan fingerprint density at radius 2 is 2.36 bits per heavy atom. The minimum absolute atomic E-state index is 0.00323. The van der Waals surface area contributed by atoms with Gasteiger partial charge in [0.05, 0.1) is 17.2 Å². The number of aliphatic hydroxyl groups is 1. The zero-order chi connectivity index (χ0) is 10.2. The summed E-state index contributed by atoms with van der Waals surface area (Å²) in [4.78, 5) is 3.82. The quantitative estimate of drug-likeness (QED) is 0.810. The standard InChI is InChI=1S/C9H10ClFN2O/c10-6-3-7(11)8(12-4-6)13-9(5-14)1-2-9/h3-4,14H,1-2,5H2,(H,12,13). The fraction of sp³-hybridized carbons (Fsp3) is 0.444. The van der Waals surface area contributed by atoms with Crippen LogP contribution >= 0.6 is 11.6 Å². The summed E-state index contributed by atoms with van der Waals surface area (Å²) in [5.41, 5.74) is -0.359. The molecule has 0 saturated heterocycles. The first-order chi connectivity index (χ1) is 6.65. The molecule has 76 valence electrons. The number of halogens is 2. The molecule has 5 heteroatoms. The van der Waals surface area contributed by atoms with Crippen LogP contribution in [-0.2, 0) is 0 Å². The van der Waals surface area contributed by atoms with Crippen LogP contribution in [0.5, 0.6) is 0 Å². The third-order valence-corrected chi connectivity index (χ3v) is 2.55. The highest BCUT2D eigenvalue weighted by atomic mass is 35.5. The Kier molecular flexibility index (Phi) is 2.33. The van der Waals surface area contributed by atoms with Gasteiger partial charge in [-0.25, -0.2) is 9.37 Å². The average molecular weight is 217 g/mol. The Morgan fingerprint density at radius 3 is 2.86 bits per heavy atom. The molecule has 1 aromatic rings. The summed E-state index contributed by atoms with van der Waals surface area (Å²) in [5.74, 6) is -0.335. The van der Waals surface area contributed by atoms with Crippen LogP contribution in [0.3, 0.4) is 0 Å². The lowest BCUT2D eigenvalue weighted by Gasteiger charge is -2.15.